The molecule has 0 fully saturated rings. The summed E-state index contributed by atoms with van der Waals surface area (Å²) in [6, 6.07) is 9.59. The van der Waals surface area contributed by atoms with E-state index in [0.717, 1.165) is 11.3 Å². The summed E-state index contributed by atoms with van der Waals surface area (Å²) in [5.41, 5.74) is 1.62. The van der Waals surface area contributed by atoms with E-state index in [1.807, 2.05) is 37.3 Å². The van der Waals surface area contributed by atoms with Gasteiger partial charge in [0.25, 0.3) is 5.84 Å². The molecule has 0 bridgehead atoms. The molecule has 0 amide bonds. The highest BCUT2D eigenvalue weighted by Gasteiger charge is 2.46. The second-order valence-electron chi connectivity index (χ2n) is 4.31. The molecule has 0 spiro atoms. The topological polar surface area (TPSA) is 48.5 Å². The van der Waals surface area contributed by atoms with E-state index >= 15 is 0 Å². The lowest BCUT2D eigenvalue weighted by Gasteiger charge is -2.20. The predicted molar refractivity (Wildman–Crippen MR) is 74.0 cm³/mol. The zero-order chi connectivity index (χ0) is 13.5. The Balaban J connectivity index is 2.17. The Morgan fingerprint density at radius 3 is 2.63 bits per heavy atom. The Morgan fingerprint density at radius 1 is 1.21 bits per heavy atom. The second kappa shape index (κ2) is 4.16. The Hall–Kier alpha value is -2.22. The molecule has 1 atom stereocenters. The number of aliphatic imine (C=N–C) groups is 1. The van der Waals surface area contributed by atoms with Crippen molar-refractivity contribution in [3.63, 3.8) is 0 Å². The summed E-state index contributed by atoms with van der Waals surface area (Å²) in [5, 5.41) is 14.5. The number of benzene rings is 1. The van der Waals surface area contributed by atoms with Gasteiger partial charge in [-0.15, -0.1) is 5.26 Å². The summed E-state index contributed by atoms with van der Waals surface area (Å²) in [7, 11) is 0. The molecule has 19 heavy (non-hydrogen) atoms. The van der Waals surface area contributed by atoms with Gasteiger partial charge in [0.15, 0.2) is 5.70 Å². The van der Waals surface area contributed by atoms with Crippen LogP contribution in [-0.2, 0) is 0 Å². The van der Waals surface area contributed by atoms with E-state index in [0.29, 0.717) is 16.7 Å². The van der Waals surface area contributed by atoms with E-state index in [2.05, 4.69) is 16.3 Å². The summed E-state index contributed by atoms with van der Waals surface area (Å²) in [4.78, 5) is 4.44. The third-order valence-corrected chi connectivity index (χ3v) is 3.32. The fourth-order valence-electron chi connectivity index (χ4n) is 2.10. The molecule has 4 nitrogen and oxygen atoms in total. The molecule has 0 aliphatic carbocycles. The maximum Gasteiger partial charge on any atom is 0.350 e. The highest BCUT2D eigenvalue weighted by atomic mass is 35.5. The van der Waals surface area contributed by atoms with Crippen molar-refractivity contribution in [1.29, 1.82) is 5.26 Å². The molecule has 5 heteroatoms. The molecule has 1 aromatic carbocycles. The van der Waals surface area contributed by atoms with Crippen molar-refractivity contribution in [2.75, 3.05) is 0 Å². The first-order valence-electron chi connectivity index (χ1n) is 5.77. The van der Waals surface area contributed by atoms with Crippen LogP contribution in [0.15, 0.2) is 63.3 Å². The SMILES string of the molecule is CC1=CC(Cl)=CC2=NC(c3ccccc3)=N[N+]12C#N. The first-order chi connectivity index (χ1) is 9.15. The molecule has 3 rings (SSSR count). The van der Waals surface area contributed by atoms with E-state index in [4.69, 9.17) is 11.6 Å². The van der Waals surface area contributed by atoms with Crippen molar-refractivity contribution >= 4 is 23.3 Å². The van der Waals surface area contributed by atoms with Crippen LogP contribution in [0.3, 0.4) is 0 Å². The number of rotatable bonds is 1. The van der Waals surface area contributed by atoms with Gasteiger partial charge >= 0.3 is 6.19 Å². The number of quaternary nitrogens is 1. The van der Waals surface area contributed by atoms with Crippen LogP contribution in [-0.4, -0.2) is 16.3 Å². The fourth-order valence-corrected chi connectivity index (χ4v) is 2.36. The number of hydrogen-bond acceptors (Lipinski definition) is 3. The van der Waals surface area contributed by atoms with E-state index in [1.54, 1.807) is 12.2 Å². The minimum absolute atomic E-state index is 0.263. The van der Waals surface area contributed by atoms with Gasteiger partial charge in [0.05, 0.1) is 5.03 Å². The quantitative estimate of drug-likeness (QED) is 0.571. The average molecular weight is 270 g/mol. The lowest BCUT2D eigenvalue weighted by Crippen LogP contribution is -2.40. The third kappa shape index (κ3) is 1.72. The molecule has 0 N–H and O–H groups in total. The highest BCUT2D eigenvalue weighted by molar-refractivity contribution is 6.33. The third-order valence-electron chi connectivity index (χ3n) is 3.10. The monoisotopic (exact) mass is 269 g/mol. The van der Waals surface area contributed by atoms with Crippen molar-refractivity contribution in [1.82, 2.24) is 0 Å². The largest absolute Gasteiger partial charge is 0.350 e. The standard InChI is InChI=1S/C14H10ClN4/c1-10-7-12(15)8-13-17-14(18-19(10,13)9-16)11-5-3-2-4-6-11/h2-8H,1H3/q+1. The summed E-state index contributed by atoms with van der Waals surface area (Å²) in [6.45, 7) is 1.82. The fraction of sp³-hybridized carbons (Fsp3) is 0.0714. The molecule has 0 saturated heterocycles. The van der Waals surface area contributed by atoms with Gasteiger partial charge in [-0.25, -0.2) is 0 Å². The van der Waals surface area contributed by atoms with Crippen molar-refractivity contribution in [2.24, 2.45) is 10.1 Å². The molecular formula is C14H10ClN4+. The van der Waals surface area contributed by atoms with Crippen LogP contribution in [0.2, 0.25) is 0 Å². The number of fused-ring (bicyclic) bond motifs is 1. The zero-order valence-electron chi connectivity index (χ0n) is 10.2. The summed E-state index contributed by atoms with van der Waals surface area (Å²) in [5.74, 6) is 1.08. The Kier molecular flexibility index (Phi) is 2.59. The highest BCUT2D eigenvalue weighted by Crippen LogP contribution is 2.32. The number of allylic oxidation sites excluding steroid dienone is 3. The van der Waals surface area contributed by atoms with Gasteiger partial charge in [-0.2, -0.15) is 4.99 Å². The number of nitriles is 1. The molecular weight excluding hydrogens is 260 g/mol. The molecule has 0 radical (unpaired) electrons. The van der Waals surface area contributed by atoms with Gasteiger partial charge < -0.3 is 0 Å². The van der Waals surface area contributed by atoms with E-state index < -0.39 is 0 Å². The summed E-state index contributed by atoms with van der Waals surface area (Å²) in [6.07, 6.45) is 5.61. The van der Waals surface area contributed by atoms with E-state index in [-0.39, 0.29) is 4.59 Å². The van der Waals surface area contributed by atoms with Gasteiger partial charge in [-0.05, 0) is 9.69 Å². The molecule has 2 heterocycles. The van der Waals surface area contributed by atoms with Crippen molar-refractivity contribution < 1.29 is 4.59 Å². The lowest BCUT2D eigenvalue weighted by molar-refractivity contribution is -0.735. The second-order valence-corrected chi connectivity index (χ2v) is 4.75. The first kappa shape index (κ1) is 11.8. The molecule has 2 aliphatic rings. The maximum atomic E-state index is 9.49. The Labute approximate surface area is 115 Å². The zero-order valence-corrected chi connectivity index (χ0v) is 11.0. The Bertz CT molecular complexity index is 707. The normalized spacial score (nSPS) is 24.7. The molecule has 0 saturated carbocycles. The van der Waals surface area contributed by atoms with Gasteiger partial charge in [0.1, 0.15) is 0 Å². The number of nitrogens with zero attached hydrogens (tertiary/aromatic N) is 4. The van der Waals surface area contributed by atoms with Gasteiger partial charge in [0, 0.05) is 24.6 Å². The van der Waals surface area contributed by atoms with Crippen LogP contribution in [0.5, 0.6) is 0 Å². The van der Waals surface area contributed by atoms with Crippen molar-refractivity contribution in [3.05, 3.63) is 58.8 Å². The van der Waals surface area contributed by atoms with Crippen LogP contribution in [0.4, 0.5) is 0 Å². The van der Waals surface area contributed by atoms with Crippen LogP contribution in [0.25, 0.3) is 0 Å². The van der Waals surface area contributed by atoms with Gasteiger partial charge in [-0.3, -0.25) is 0 Å². The molecule has 1 aromatic rings. The average Bonchev–Trinajstić information content (AvgIpc) is 2.80. The smallest absolute Gasteiger partial charge is 0.167 e. The lowest BCUT2D eigenvalue weighted by atomic mass is 10.2. The predicted octanol–water partition coefficient (Wildman–Crippen LogP) is 3.10. The number of amidine groups is 2. The Morgan fingerprint density at radius 2 is 1.95 bits per heavy atom. The molecule has 92 valence electrons. The first-order valence-corrected chi connectivity index (χ1v) is 6.15. The molecule has 2 aliphatic heterocycles. The summed E-state index contributed by atoms with van der Waals surface area (Å²) >= 11 is 6.02. The minimum atomic E-state index is -0.263. The number of hydrogen-bond donors (Lipinski definition) is 0. The maximum absolute atomic E-state index is 9.49. The van der Waals surface area contributed by atoms with Crippen LogP contribution in [0.1, 0.15) is 12.5 Å². The van der Waals surface area contributed by atoms with Gasteiger partial charge in [-0.1, -0.05) is 41.9 Å². The minimum Gasteiger partial charge on any atom is -0.167 e. The van der Waals surface area contributed by atoms with Crippen LogP contribution >= 0.6 is 11.6 Å². The van der Waals surface area contributed by atoms with Crippen LogP contribution < -0.4 is 0 Å². The van der Waals surface area contributed by atoms with E-state index in [9.17, 15) is 5.26 Å². The molecule has 0 aromatic heterocycles. The van der Waals surface area contributed by atoms with Gasteiger partial charge in [0.2, 0.25) is 5.84 Å². The van der Waals surface area contributed by atoms with Crippen molar-refractivity contribution in [3.8, 4) is 6.19 Å². The van der Waals surface area contributed by atoms with E-state index in [1.165, 1.54) is 0 Å². The van der Waals surface area contributed by atoms with Crippen molar-refractivity contribution in [2.45, 2.75) is 6.92 Å². The summed E-state index contributed by atoms with van der Waals surface area (Å²) < 4.78 is -0.263. The van der Waals surface area contributed by atoms with Crippen LogP contribution in [0, 0.1) is 11.5 Å². The number of halogens is 1. The molecule has 1 unspecified atom stereocenters.